The minimum atomic E-state index is -0.559. The Morgan fingerprint density at radius 3 is 2.67 bits per heavy atom. The molecule has 24 heavy (non-hydrogen) atoms. The van der Waals surface area contributed by atoms with Gasteiger partial charge in [0, 0.05) is 23.9 Å². The van der Waals surface area contributed by atoms with Crippen LogP contribution in [0.2, 0.25) is 0 Å². The second-order valence-electron chi connectivity index (χ2n) is 5.50. The van der Waals surface area contributed by atoms with Crippen molar-refractivity contribution >= 4 is 5.97 Å². The number of aromatic nitrogens is 1. The van der Waals surface area contributed by atoms with E-state index in [9.17, 15) is 15.0 Å². The highest BCUT2D eigenvalue weighted by atomic mass is 16.5. The predicted octanol–water partition coefficient (Wildman–Crippen LogP) is 1.46. The van der Waals surface area contributed by atoms with Crippen LogP contribution in [0.1, 0.15) is 22.4 Å². The van der Waals surface area contributed by atoms with Gasteiger partial charge in [-0.15, -0.1) is 0 Å². The van der Waals surface area contributed by atoms with E-state index in [0.29, 0.717) is 23.2 Å². The molecule has 1 heterocycles. The van der Waals surface area contributed by atoms with Crippen molar-refractivity contribution < 1.29 is 19.7 Å². The van der Waals surface area contributed by atoms with E-state index in [-0.39, 0.29) is 24.9 Å². The van der Waals surface area contributed by atoms with Crippen molar-refractivity contribution in [3.63, 3.8) is 0 Å². The second-order valence-corrected chi connectivity index (χ2v) is 5.50. The molecular formula is C18H22N2O4. The molecule has 1 aromatic heterocycles. The first-order valence-electron chi connectivity index (χ1n) is 7.69. The zero-order valence-electron chi connectivity index (χ0n) is 13.8. The molecule has 0 aliphatic carbocycles. The van der Waals surface area contributed by atoms with Gasteiger partial charge in [-0.1, -0.05) is 30.3 Å². The van der Waals surface area contributed by atoms with E-state index in [4.69, 9.17) is 4.74 Å². The van der Waals surface area contributed by atoms with Gasteiger partial charge in [-0.3, -0.25) is 15.1 Å². The lowest BCUT2D eigenvalue weighted by Crippen LogP contribution is -2.39. The minimum absolute atomic E-state index is 0.0253. The van der Waals surface area contributed by atoms with Gasteiger partial charge in [0.25, 0.3) is 0 Å². The smallest absolute Gasteiger partial charge is 0.323 e. The molecule has 0 aliphatic rings. The van der Waals surface area contributed by atoms with Crippen molar-refractivity contribution in [1.82, 2.24) is 10.3 Å². The van der Waals surface area contributed by atoms with Crippen LogP contribution >= 0.6 is 0 Å². The summed E-state index contributed by atoms with van der Waals surface area (Å²) in [5.41, 5.74) is 2.53. The summed E-state index contributed by atoms with van der Waals surface area (Å²) in [6.07, 6.45) is 1.99. The summed E-state index contributed by atoms with van der Waals surface area (Å²) >= 11 is 0. The van der Waals surface area contributed by atoms with Gasteiger partial charge in [-0.2, -0.15) is 0 Å². The predicted molar refractivity (Wildman–Crippen MR) is 89.4 cm³/mol. The van der Waals surface area contributed by atoms with E-state index in [1.54, 1.807) is 6.92 Å². The lowest BCUT2D eigenvalue weighted by Gasteiger charge is -2.18. The van der Waals surface area contributed by atoms with E-state index in [2.05, 4.69) is 10.3 Å². The highest BCUT2D eigenvalue weighted by Crippen LogP contribution is 2.24. The number of ether oxygens (including phenoxy) is 1. The number of hydrogen-bond donors (Lipinski definition) is 3. The van der Waals surface area contributed by atoms with Crippen LogP contribution in [-0.4, -0.2) is 34.3 Å². The monoisotopic (exact) mass is 330 g/mol. The summed E-state index contributed by atoms with van der Waals surface area (Å²) in [4.78, 5) is 16.1. The van der Waals surface area contributed by atoms with Gasteiger partial charge >= 0.3 is 5.97 Å². The van der Waals surface area contributed by atoms with Crippen LogP contribution in [0.5, 0.6) is 5.75 Å². The maximum atomic E-state index is 12.0. The lowest BCUT2D eigenvalue weighted by molar-refractivity contribution is -0.143. The van der Waals surface area contributed by atoms with Crippen LogP contribution in [-0.2, 0) is 29.1 Å². The number of carbonyl (C=O) groups is 1. The van der Waals surface area contributed by atoms with Gasteiger partial charge in [-0.05, 0) is 18.9 Å². The molecule has 128 valence electrons. The lowest BCUT2D eigenvalue weighted by atomic mass is 10.0. The Morgan fingerprint density at radius 2 is 2.04 bits per heavy atom. The van der Waals surface area contributed by atoms with E-state index in [0.717, 1.165) is 5.56 Å². The summed E-state index contributed by atoms with van der Waals surface area (Å²) < 4.78 is 4.86. The van der Waals surface area contributed by atoms with Crippen molar-refractivity contribution in [2.75, 3.05) is 7.11 Å². The normalized spacial score (nSPS) is 12.0. The van der Waals surface area contributed by atoms with Gasteiger partial charge in [0.1, 0.15) is 11.8 Å². The van der Waals surface area contributed by atoms with Crippen LogP contribution in [0.3, 0.4) is 0 Å². The third-order valence-corrected chi connectivity index (χ3v) is 3.89. The molecule has 0 saturated carbocycles. The number of carbonyl (C=O) groups excluding carboxylic acids is 1. The highest BCUT2D eigenvalue weighted by Gasteiger charge is 2.21. The van der Waals surface area contributed by atoms with Gasteiger partial charge in [-0.25, -0.2) is 0 Å². The molecule has 3 N–H and O–H groups in total. The fourth-order valence-electron chi connectivity index (χ4n) is 2.47. The van der Waals surface area contributed by atoms with Crippen LogP contribution in [0.15, 0.2) is 36.5 Å². The number of esters is 1. The second kappa shape index (κ2) is 8.42. The number of nitrogens with zero attached hydrogens (tertiary/aromatic N) is 1. The quantitative estimate of drug-likeness (QED) is 0.666. The van der Waals surface area contributed by atoms with Crippen molar-refractivity contribution in [3.05, 3.63) is 58.9 Å². The number of rotatable bonds is 7. The zero-order chi connectivity index (χ0) is 17.5. The van der Waals surface area contributed by atoms with Crippen molar-refractivity contribution in [1.29, 1.82) is 0 Å². The first kappa shape index (κ1) is 17.9. The highest BCUT2D eigenvalue weighted by molar-refractivity contribution is 5.76. The van der Waals surface area contributed by atoms with Crippen LogP contribution in [0.25, 0.3) is 0 Å². The van der Waals surface area contributed by atoms with Gasteiger partial charge in [0.15, 0.2) is 0 Å². The zero-order valence-corrected chi connectivity index (χ0v) is 13.8. The van der Waals surface area contributed by atoms with E-state index < -0.39 is 6.04 Å². The third kappa shape index (κ3) is 4.31. The molecule has 0 fully saturated rings. The average Bonchev–Trinajstić information content (AvgIpc) is 2.61. The Labute approximate surface area is 141 Å². The molecule has 0 radical (unpaired) electrons. The molecule has 2 rings (SSSR count). The molecule has 2 aromatic rings. The van der Waals surface area contributed by atoms with Crippen molar-refractivity contribution in [2.45, 2.75) is 32.5 Å². The Hall–Kier alpha value is -2.44. The largest absolute Gasteiger partial charge is 0.506 e. The van der Waals surface area contributed by atoms with E-state index in [1.165, 1.54) is 13.3 Å². The van der Waals surface area contributed by atoms with Crippen LogP contribution < -0.4 is 5.32 Å². The minimum Gasteiger partial charge on any atom is -0.506 e. The number of benzene rings is 1. The fourth-order valence-corrected chi connectivity index (χ4v) is 2.47. The number of pyridine rings is 1. The molecule has 0 aliphatic heterocycles. The molecule has 0 amide bonds. The fraction of sp³-hybridized carbons (Fsp3) is 0.333. The summed E-state index contributed by atoms with van der Waals surface area (Å²) in [5.74, 6) is -0.355. The molecule has 1 atom stereocenters. The number of aliphatic hydroxyl groups is 1. The number of aromatic hydroxyl groups is 1. The van der Waals surface area contributed by atoms with Crippen molar-refractivity contribution in [3.8, 4) is 5.75 Å². The average molecular weight is 330 g/mol. The van der Waals surface area contributed by atoms with Gasteiger partial charge < -0.3 is 14.9 Å². The third-order valence-electron chi connectivity index (χ3n) is 3.89. The van der Waals surface area contributed by atoms with Gasteiger partial charge in [0.2, 0.25) is 0 Å². The first-order chi connectivity index (χ1) is 11.6. The number of aliphatic hydroxyl groups excluding tert-OH is 1. The first-order valence-corrected chi connectivity index (χ1v) is 7.69. The molecule has 0 spiro atoms. The maximum Gasteiger partial charge on any atom is 0.323 e. The number of hydrogen-bond acceptors (Lipinski definition) is 6. The van der Waals surface area contributed by atoms with Crippen LogP contribution in [0.4, 0.5) is 0 Å². The molecule has 6 heteroatoms. The molecule has 0 bridgehead atoms. The number of methoxy groups -OCH3 is 1. The molecule has 1 unspecified atom stereocenters. The Bertz CT molecular complexity index is 689. The Balaban J connectivity index is 2.16. The summed E-state index contributed by atoms with van der Waals surface area (Å²) in [5, 5.41) is 22.7. The van der Waals surface area contributed by atoms with Gasteiger partial charge in [0.05, 0.1) is 19.4 Å². The summed E-state index contributed by atoms with van der Waals surface area (Å²) in [6.45, 7) is 1.67. The number of aryl methyl sites for hydroxylation is 1. The summed E-state index contributed by atoms with van der Waals surface area (Å²) in [6, 6.07) is 9.04. The SMILES string of the molecule is COC(=O)C(Cc1ccccc1)NCc1c(CO)cnc(C)c1O. The summed E-state index contributed by atoms with van der Waals surface area (Å²) in [7, 11) is 1.34. The maximum absolute atomic E-state index is 12.0. The van der Waals surface area contributed by atoms with E-state index >= 15 is 0 Å². The Morgan fingerprint density at radius 1 is 1.33 bits per heavy atom. The van der Waals surface area contributed by atoms with Crippen LogP contribution in [0, 0.1) is 6.92 Å². The molecule has 6 nitrogen and oxygen atoms in total. The Kier molecular flexibility index (Phi) is 6.28. The molecule has 0 saturated heterocycles. The van der Waals surface area contributed by atoms with E-state index in [1.807, 2.05) is 30.3 Å². The topological polar surface area (TPSA) is 91.7 Å². The number of nitrogens with one attached hydrogen (secondary N) is 1. The standard InChI is InChI=1S/C18H22N2O4/c1-12-17(22)15(14(11-21)9-19-12)10-20-16(18(23)24-2)8-13-6-4-3-5-7-13/h3-7,9,16,20-22H,8,10-11H2,1-2H3. The van der Waals surface area contributed by atoms with Crippen molar-refractivity contribution in [2.24, 2.45) is 0 Å². The molecular weight excluding hydrogens is 308 g/mol. The molecule has 1 aromatic carbocycles.